The average Bonchev–Trinajstić information content (AvgIpc) is 2.29. The topological polar surface area (TPSA) is 50.7 Å². The summed E-state index contributed by atoms with van der Waals surface area (Å²) >= 11 is 0. The van der Waals surface area contributed by atoms with Crippen LogP contribution in [-0.4, -0.2) is 11.5 Å². The number of hydrogen-bond donors (Lipinski definition) is 1. The van der Waals surface area contributed by atoms with E-state index in [0.29, 0.717) is 12.3 Å². The molecule has 1 unspecified atom stereocenters. The highest BCUT2D eigenvalue weighted by atomic mass is 19.3. The molecule has 2 N–H and O–H groups in total. The van der Waals surface area contributed by atoms with Crippen LogP contribution in [0, 0.1) is 5.92 Å². The molecule has 2 rings (SSSR count). The second-order valence-corrected chi connectivity index (χ2v) is 4.10. The molecule has 1 atom stereocenters. The summed E-state index contributed by atoms with van der Waals surface area (Å²) in [6.45, 7) is 1.99. The van der Waals surface area contributed by atoms with Crippen LogP contribution in [0.15, 0.2) is 34.5 Å². The molecule has 90 valence electrons. The number of benzene rings is 1. The Kier molecular flexibility index (Phi) is 3.17. The fraction of sp³-hybridized carbons (Fsp3) is 0.333. The summed E-state index contributed by atoms with van der Waals surface area (Å²) < 4.78 is 24.8. The van der Waals surface area contributed by atoms with Gasteiger partial charge in [0, 0.05) is 17.9 Å². The van der Waals surface area contributed by atoms with Gasteiger partial charge in [-0.2, -0.15) is 5.10 Å². The Bertz CT molecular complexity index is 463. The number of halogens is 2. The summed E-state index contributed by atoms with van der Waals surface area (Å²) in [4.78, 5) is 0. The molecular weight excluding hydrogens is 224 g/mol. The lowest BCUT2D eigenvalue weighted by molar-refractivity contribution is 0.151. The largest absolute Gasteiger partial charge is 0.386 e. The van der Waals surface area contributed by atoms with E-state index in [0.717, 1.165) is 11.3 Å². The lowest BCUT2D eigenvalue weighted by Crippen LogP contribution is -2.25. The molecule has 5 heteroatoms. The Morgan fingerprint density at radius 1 is 1.24 bits per heavy atom. The van der Waals surface area contributed by atoms with E-state index in [-0.39, 0.29) is 11.5 Å². The summed E-state index contributed by atoms with van der Waals surface area (Å²) in [7, 11) is 0. The fourth-order valence-corrected chi connectivity index (χ4v) is 1.81. The number of alkyl halides is 2. The molecule has 0 saturated carbocycles. The maximum atomic E-state index is 12.4. The Morgan fingerprint density at radius 2 is 1.88 bits per heavy atom. The van der Waals surface area contributed by atoms with Crippen molar-refractivity contribution in [3.8, 4) is 0 Å². The van der Waals surface area contributed by atoms with Gasteiger partial charge in [-0.25, -0.2) is 8.78 Å². The molecular formula is C12H13F2N3. The van der Waals surface area contributed by atoms with E-state index in [4.69, 9.17) is 5.73 Å². The summed E-state index contributed by atoms with van der Waals surface area (Å²) in [5, 5.41) is 7.86. The number of rotatable bonds is 2. The zero-order valence-electron chi connectivity index (χ0n) is 9.40. The van der Waals surface area contributed by atoms with Gasteiger partial charge in [0.25, 0.3) is 6.43 Å². The van der Waals surface area contributed by atoms with Crippen LogP contribution in [0.5, 0.6) is 0 Å². The standard InChI is InChI=1S/C12H13F2N3/c1-7-6-10(15)16-17-11(7)8-2-4-9(5-3-8)12(13)14/h2-5,7,12H,6H2,1H3,(H2,15,16). The van der Waals surface area contributed by atoms with E-state index in [2.05, 4.69) is 10.2 Å². The van der Waals surface area contributed by atoms with Gasteiger partial charge in [0.1, 0.15) is 5.84 Å². The van der Waals surface area contributed by atoms with E-state index in [1.165, 1.54) is 12.1 Å². The monoisotopic (exact) mass is 237 g/mol. The third kappa shape index (κ3) is 2.49. The molecule has 0 saturated heterocycles. The van der Waals surface area contributed by atoms with Crippen molar-refractivity contribution in [2.45, 2.75) is 19.8 Å². The van der Waals surface area contributed by atoms with Gasteiger partial charge in [0.15, 0.2) is 0 Å². The average molecular weight is 237 g/mol. The first-order chi connectivity index (χ1) is 8.08. The summed E-state index contributed by atoms with van der Waals surface area (Å²) in [5.74, 6) is 0.662. The SMILES string of the molecule is CC1CC(N)=NN=C1c1ccc(C(F)F)cc1. The quantitative estimate of drug-likeness (QED) is 0.844. The summed E-state index contributed by atoms with van der Waals surface area (Å²) in [6.07, 6.45) is -1.79. The van der Waals surface area contributed by atoms with Gasteiger partial charge in [-0.1, -0.05) is 31.2 Å². The predicted octanol–water partition coefficient (Wildman–Crippen LogP) is 2.73. The van der Waals surface area contributed by atoms with Crippen LogP contribution in [0.25, 0.3) is 0 Å². The van der Waals surface area contributed by atoms with E-state index in [9.17, 15) is 8.78 Å². The van der Waals surface area contributed by atoms with Crippen molar-refractivity contribution in [2.75, 3.05) is 0 Å². The molecule has 1 heterocycles. The summed E-state index contributed by atoms with van der Waals surface area (Å²) in [6, 6.07) is 6.12. The van der Waals surface area contributed by atoms with Crippen molar-refractivity contribution in [3.05, 3.63) is 35.4 Å². The zero-order valence-corrected chi connectivity index (χ0v) is 9.40. The van der Waals surface area contributed by atoms with Crippen molar-refractivity contribution < 1.29 is 8.78 Å². The zero-order chi connectivity index (χ0) is 12.4. The van der Waals surface area contributed by atoms with Crippen LogP contribution in [0.4, 0.5) is 8.78 Å². The van der Waals surface area contributed by atoms with Crippen LogP contribution in [0.1, 0.15) is 30.9 Å². The molecule has 3 nitrogen and oxygen atoms in total. The van der Waals surface area contributed by atoms with E-state index >= 15 is 0 Å². The van der Waals surface area contributed by atoms with Gasteiger partial charge in [-0.3, -0.25) is 0 Å². The molecule has 0 amide bonds. The molecule has 0 aromatic heterocycles. The number of nitrogens with two attached hydrogens (primary N) is 1. The second-order valence-electron chi connectivity index (χ2n) is 4.10. The molecule has 0 spiro atoms. The van der Waals surface area contributed by atoms with Crippen LogP contribution >= 0.6 is 0 Å². The first-order valence-electron chi connectivity index (χ1n) is 5.36. The van der Waals surface area contributed by atoms with Crippen molar-refractivity contribution >= 4 is 11.5 Å². The Labute approximate surface area is 98.0 Å². The van der Waals surface area contributed by atoms with Crippen molar-refractivity contribution in [1.29, 1.82) is 0 Å². The number of hydrogen-bond acceptors (Lipinski definition) is 3. The minimum Gasteiger partial charge on any atom is -0.386 e. The van der Waals surface area contributed by atoms with Crippen molar-refractivity contribution in [1.82, 2.24) is 0 Å². The van der Waals surface area contributed by atoms with E-state index in [1.54, 1.807) is 12.1 Å². The van der Waals surface area contributed by atoms with Gasteiger partial charge in [-0.15, -0.1) is 5.10 Å². The third-order valence-corrected chi connectivity index (χ3v) is 2.73. The van der Waals surface area contributed by atoms with Crippen LogP contribution < -0.4 is 5.73 Å². The molecule has 1 aliphatic rings. The molecule has 0 bridgehead atoms. The molecule has 1 aromatic rings. The third-order valence-electron chi connectivity index (χ3n) is 2.73. The maximum absolute atomic E-state index is 12.4. The number of amidine groups is 1. The highest BCUT2D eigenvalue weighted by molar-refractivity contribution is 6.05. The van der Waals surface area contributed by atoms with Crippen molar-refractivity contribution in [2.24, 2.45) is 21.9 Å². The first-order valence-corrected chi connectivity index (χ1v) is 5.36. The lowest BCUT2D eigenvalue weighted by Gasteiger charge is -2.17. The molecule has 1 aromatic carbocycles. The highest BCUT2D eigenvalue weighted by Crippen LogP contribution is 2.22. The first kappa shape index (κ1) is 11.7. The van der Waals surface area contributed by atoms with E-state index < -0.39 is 6.43 Å². The fourth-order valence-electron chi connectivity index (χ4n) is 1.81. The molecule has 0 fully saturated rings. The smallest absolute Gasteiger partial charge is 0.263 e. The molecule has 1 aliphatic heterocycles. The Balaban J connectivity index is 2.29. The minimum atomic E-state index is -2.44. The van der Waals surface area contributed by atoms with Crippen molar-refractivity contribution in [3.63, 3.8) is 0 Å². The Hall–Kier alpha value is -1.78. The van der Waals surface area contributed by atoms with Gasteiger partial charge < -0.3 is 5.73 Å². The van der Waals surface area contributed by atoms with E-state index in [1.807, 2.05) is 6.92 Å². The summed E-state index contributed by atoms with van der Waals surface area (Å²) in [5.41, 5.74) is 7.20. The van der Waals surface area contributed by atoms with Gasteiger partial charge in [0.05, 0.1) is 5.71 Å². The molecule has 0 aliphatic carbocycles. The predicted molar refractivity (Wildman–Crippen MR) is 63.3 cm³/mol. The Morgan fingerprint density at radius 3 is 2.41 bits per heavy atom. The van der Waals surface area contributed by atoms with Gasteiger partial charge in [0.2, 0.25) is 0 Å². The van der Waals surface area contributed by atoms with Crippen LogP contribution in [-0.2, 0) is 0 Å². The number of nitrogens with zero attached hydrogens (tertiary/aromatic N) is 2. The van der Waals surface area contributed by atoms with Crippen LogP contribution in [0.3, 0.4) is 0 Å². The minimum absolute atomic E-state index is 0.0147. The van der Waals surface area contributed by atoms with Gasteiger partial charge >= 0.3 is 0 Å². The molecule has 0 radical (unpaired) electrons. The van der Waals surface area contributed by atoms with Gasteiger partial charge in [-0.05, 0) is 5.56 Å². The maximum Gasteiger partial charge on any atom is 0.263 e. The lowest BCUT2D eigenvalue weighted by atomic mass is 9.94. The second kappa shape index (κ2) is 4.61. The molecule has 17 heavy (non-hydrogen) atoms. The highest BCUT2D eigenvalue weighted by Gasteiger charge is 2.18. The van der Waals surface area contributed by atoms with Crippen LogP contribution in [0.2, 0.25) is 0 Å². The normalized spacial score (nSPS) is 20.1.